The highest BCUT2D eigenvalue weighted by atomic mass is 19.1. The van der Waals surface area contributed by atoms with Crippen LogP contribution in [0.5, 0.6) is 0 Å². The van der Waals surface area contributed by atoms with Crippen molar-refractivity contribution in [3.05, 3.63) is 54.9 Å². The van der Waals surface area contributed by atoms with Crippen molar-refractivity contribution in [3.8, 4) is 0 Å². The number of anilines is 1. The summed E-state index contributed by atoms with van der Waals surface area (Å²) in [7, 11) is 0. The van der Waals surface area contributed by atoms with Crippen LogP contribution in [-0.4, -0.2) is 19.4 Å². The Kier molecular flexibility index (Phi) is 4.45. The van der Waals surface area contributed by atoms with Gasteiger partial charge in [-0.25, -0.2) is 4.39 Å². The van der Waals surface area contributed by atoms with Gasteiger partial charge in [0.15, 0.2) is 6.29 Å². The molecule has 0 atom stereocenters. The molecule has 0 amide bonds. The van der Waals surface area contributed by atoms with Gasteiger partial charge in [0, 0.05) is 18.7 Å². The molecule has 0 N–H and O–H groups in total. The van der Waals surface area contributed by atoms with Gasteiger partial charge in [-0.15, -0.1) is 13.2 Å². The molecular formula is C13H14FNO. The lowest BCUT2D eigenvalue weighted by atomic mass is 10.1. The molecule has 1 aromatic rings. The summed E-state index contributed by atoms with van der Waals surface area (Å²) < 4.78 is 13.1. The van der Waals surface area contributed by atoms with Gasteiger partial charge < -0.3 is 4.90 Å². The Bertz CT molecular complexity index is 391. The molecule has 0 saturated carbocycles. The zero-order chi connectivity index (χ0) is 12.0. The third kappa shape index (κ3) is 2.79. The molecule has 1 rings (SSSR count). The topological polar surface area (TPSA) is 20.3 Å². The van der Waals surface area contributed by atoms with Crippen LogP contribution in [0, 0.1) is 5.82 Å². The van der Waals surface area contributed by atoms with Crippen LogP contribution in [0.25, 0.3) is 0 Å². The van der Waals surface area contributed by atoms with Crippen molar-refractivity contribution in [1.82, 2.24) is 0 Å². The molecule has 0 radical (unpaired) electrons. The molecule has 0 heterocycles. The van der Waals surface area contributed by atoms with Crippen molar-refractivity contribution in [1.29, 1.82) is 0 Å². The number of halogens is 1. The standard InChI is InChI=1S/C13H14FNO/c1-3-7-15(8-4-2)13-9-12(14)6-5-11(13)10-16/h3-6,9-10H,1-2,7-8H2. The Hall–Kier alpha value is -1.90. The number of hydrogen-bond acceptors (Lipinski definition) is 2. The molecule has 0 aliphatic rings. The molecule has 0 aliphatic heterocycles. The molecule has 84 valence electrons. The van der Waals surface area contributed by atoms with Gasteiger partial charge in [-0.1, -0.05) is 12.2 Å². The number of carbonyl (C=O) groups is 1. The first kappa shape index (κ1) is 12.2. The van der Waals surface area contributed by atoms with Gasteiger partial charge in [0.2, 0.25) is 0 Å². The molecular weight excluding hydrogens is 205 g/mol. The van der Waals surface area contributed by atoms with Crippen LogP contribution in [0.2, 0.25) is 0 Å². The van der Waals surface area contributed by atoms with Crippen LogP contribution in [0.15, 0.2) is 43.5 Å². The van der Waals surface area contributed by atoms with Crippen LogP contribution in [-0.2, 0) is 0 Å². The van der Waals surface area contributed by atoms with E-state index in [2.05, 4.69) is 13.2 Å². The summed E-state index contributed by atoms with van der Waals surface area (Å²) in [5.74, 6) is -0.362. The van der Waals surface area contributed by atoms with E-state index in [4.69, 9.17) is 0 Å². The Morgan fingerprint density at radius 2 is 1.88 bits per heavy atom. The first-order chi connectivity index (χ1) is 7.72. The van der Waals surface area contributed by atoms with Crippen molar-refractivity contribution in [2.45, 2.75) is 0 Å². The number of nitrogens with zero attached hydrogens (tertiary/aromatic N) is 1. The highest BCUT2D eigenvalue weighted by molar-refractivity contribution is 5.84. The lowest BCUT2D eigenvalue weighted by Gasteiger charge is -2.23. The van der Waals surface area contributed by atoms with E-state index in [-0.39, 0.29) is 5.82 Å². The van der Waals surface area contributed by atoms with E-state index in [1.165, 1.54) is 18.2 Å². The predicted molar refractivity (Wildman–Crippen MR) is 64.4 cm³/mol. The maximum absolute atomic E-state index is 13.1. The summed E-state index contributed by atoms with van der Waals surface area (Å²) in [4.78, 5) is 12.7. The maximum atomic E-state index is 13.1. The Labute approximate surface area is 94.7 Å². The van der Waals surface area contributed by atoms with Crippen LogP contribution in [0.4, 0.5) is 10.1 Å². The normalized spacial score (nSPS) is 9.56. The third-order valence-corrected chi connectivity index (χ3v) is 2.16. The molecule has 0 aromatic heterocycles. The SMILES string of the molecule is C=CCN(CC=C)c1cc(F)ccc1C=O. The summed E-state index contributed by atoms with van der Waals surface area (Å²) in [6.07, 6.45) is 4.11. The minimum absolute atomic E-state index is 0.362. The molecule has 0 saturated heterocycles. The van der Waals surface area contributed by atoms with Crippen LogP contribution < -0.4 is 4.90 Å². The average Bonchev–Trinajstić information content (AvgIpc) is 2.29. The summed E-state index contributed by atoms with van der Waals surface area (Å²) in [5, 5.41) is 0. The largest absolute Gasteiger partial charge is 0.363 e. The highest BCUT2D eigenvalue weighted by Gasteiger charge is 2.09. The molecule has 0 bridgehead atoms. The number of rotatable bonds is 6. The first-order valence-electron chi connectivity index (χ1n) is 4.94. The fraction of sp³-hybridized carbons (Fsp3) is 0.154. The lowest BCUT2D eigenvalue weighted by molar-refractivity contribution is 0.112. The maximum Gasteiger partial charge on any atom is 0.152 e. The van der Waals surface area contributed by atoms with E-state index in [1.807, 2.05) is 4.90 Å². The molecule has 0 fully saturated rings. The number of benzene rings is 1. The van der Waals surface area contributed by atoms with Crippen molar-refractivity contribution in [2.75, 3.05) is 18.0 Å². The second-order valence-corrected chi connectivity index (χ2v) is 3.30. The van der Waals surface area contributed by atoms with E-state index in [0.29, 0.717) is 30.6 Å². The molecule has 0 spiro atoms. The smallest absolute Gasteiger partial charge is 0.152 e. The van der Waals surface area contributed by atoms with E-state index >= 15 is 0 Å². The molecule has 2 nitrogen and oxygen atoms in total. The van der Waals surface area contributed by atoms with Crippen molar-refractivity contribution >= 4 is 12.0 Å². The van der Waals surface area contributed by atoms with Crippen LogP contribution >= 0.6 is 0 Å². The van der Waals surface area contributed by atoms with Gasteiger partial charge in [-0.05, 0) is 18.2 Å². The van der Waals surface area contributed by atoms with E-state index in [9.17, 15) is 9.18 Å². The summed E-state index contributed by atoms with van der Waals surface area (Å²) in [6, 6.07) is 4.08. The molecule has 16 heavy (non-hydrogen) atoms. The fourth-order valence-corrected chi connectivity index (χ4v) is 1.47. The number of carbonyl (C=O) groups excluding carboxylic acids is 1. The number of aldehydes is 1. The molecule has 0 aliphatic carbocycles. The average molecular weight is 219 g/mol. The first-order valence-corrected chi connectivity index (χ1v) is 4.94. The van der Waals surface area contributed by atoms with Crippen LogP contribution in [0.1, 0.15) is 10.4 Å². The van der Waals surface area contributed by atoms with E-state index in [1.54, 1.807) is 12.2 Å². The lowest BCUT2D eigenvalue weighted by Crippen LogP contribution is -2.24. The fourth-order valence-electron chi connectivity index (χ4n) is 1.47. The number of hydrogen-bond donors (Lipinski definition) is 0. The van der Waals surface area contributed by atoms with Gasteiger partial charge in [0.05, 0.1) is 5.69 Å². The van der Waals surface area contributed by atoms with E-state index < -0.39 is 0 Å². The predicted octanol–water partition coefficient (Wildman–Crippen LogP) is 2.82. The van der Waals surface area contributed by atoms with Crippen molar-refractivity contribution in [3.63, 3.8) is 0 Å². The quantitative estimate of drug-likeness (QED) is 0.541. The summed E-state index contributed by atoms with van der Waals surface area (Å²) in [6.45, 7) is 8.33. The minimum Gasteiger partial charge on any atom is -0.363 e. The zero-order valence-electron chi connectivity index (χ0n) is 9.03. The molecule has 1 aromatic carbocycles. The monoisotopic (exact) mass is 219 g/mol. The molecule has 3 heteroatoms. The van der Waals surface area contributed by atoms with Gasteiger partial charge in [-0.2, -0.15) is 0 Å². The Morgan fingerprint density at radius 3 is 2.38 bits per heavy atom. The summed E-state index contributed by atoms with van der Waals surface area (Å²) >= 11 is 0. The van der Waals surface area contributed by atoms with Crippen LogP contribution in [0.3, 0.4) is 0 Å². The highest BCUT2D eigenvalue weighted by Crippen LogP contribution is 2.20. The van der Waals surface area contributed by atoms with Gasteiger partial charge in [0.1, 0.15) is 5.82 Å². The van der Waals surface area contributed by atoms with Crippen molar-refractivity contribution in [2.24, 2.45) is 0 Å². The van der Waals surface area contributed by atoms with E-state index in [0.717, 1.165) is 0 Å². The van der Waals surface area contributed by atoms with Gasteiger partial charge in [0.25, 0.3) is 0 Å². The second-order valence-electron chi connectivity index (χ2n) is 3.30. The summed E-state index contributed by atoms with van der Waals surface area (Å²) in [5.41, 5.74) is 1.03. The Morgan fingerprint density at radius 1 is 1.25 bits per heavy atom. The third-order valence-electron chi connectivity index (χ3n) is 2.16. The zero-order valence-corrected chi connectivity index (χ0v) is 9.03. The second kappa shape index (κ2) is 5.85. The molecule has 0 unspecified atom stereocenters. The van der Waals surface area contributed by atoms with Crippen molar-refractivity contribution < 1.29 is 9.18 Å². The minimum atomic E-state index is -0.362. The Balaban J connectivity index is 3.13. The van der Waals surface area contributed by atoms with Gasteiger partial charge >= 0.3 is 0 Å². The van der Waals surface area contributed by atoms with Gasteiger partial charge in [-0.3, -0.25) is 4.79 Å².